The number of nitrogens with zero attached hydrogens (tertiary/aromatic N) is 1. The van der Waals surface area contributed by atoms with E-state index in [0.717, 1.165) is 22.9 Å². The van der Waals surface area contributed by atoms with Crippen molar-refractivity contribution in [2.75, 3.05) is 6.54 Å². The van der Waals surface area contributed by atoms with Gasteiger partial charge in [0.1, 0.15) is 22.5 Å². The summed E-state index contributed by atoms with van der Waals surface area (Å²) in [4.78, 5) is 12.7. The van der Waals surface area contributed by atoms with E-state index < -0.39 is 16.1 Å². The van der Waals surface area contributed by atoms with Crippen molar-refractivity contribution in [2.24, 2.45) is 0 Å². The summed E-state index contributed by atoms with van der Waals surface area (Å²) in [5, 5.41) is 2.84. The monoisotopic (exact) mass is 454 g/mol. The maximum absolute atomic E-state index is 13.5. The van der Waals surface area contributed by atoms with Crippen LogP contribution in [0.3, 0.4) is 0 Å². The number of hydrogen-bond donors (Lipinski definition) is 1. The first-order valence-corrected chi connectivity index (χ1v) is 11.1. The summed E-state index contributed by atoms with van der Waals surface area (Å²) in [5.74, 6) is 0.619. The number of aryl methyl sites for hydroxylation is 2. The number of sulfonamides is 1. The first-order chi connectivity index (χ1) is 12.8. The van der Waals surface area contributed by atoms with Crippen LogP contribution in [-0.4, -0.2) is 31.2 Å². The molecule has 1 amide bonds. The van der Waals surface area contributed by atoms with Crippen LogP contribution in [0.15, 0.2) is 44.1 Å². The van der Waals surface area contributed by atoms with Gasteiger partial charge in [-0.1, -0.05) is 28.1 Å². The van der Waals surface area contributed by atoms with Crippen molar-refractivity contribution in [1.82, 2.24) is 9.62 Å². The van der Waals surface area contributed by atoms with Gasteiger partial charge in [-0.25, -0.2) is 8.42 Å². The molecule has 0 spiro atoms. The molecule has 3 rings (SSSR count). The largest absolute Gasteiger partial charge is 0.465 e. The second-order valence-corrected chi connectivity index (χ2v) is 9.53. The van der Waals surface area contributed by atoms with E-state index in [2.05, 4.69) is 21.2 Å². The Kier molecular flexibility index (Phi) is 6.08. The van der Waals surface area contributed by atoms with Crippen molar-refractivity contribution in [3.8, 4) is 0 Å². The van der Waals surface area contributed by atoms with Gasteiger partial charge in [0.25, 0.3) is 0 Å². The number of furan rings is 1. The van der Waals surface area contributed by atoms with Crippen LogP contribution in [-0.2, 0) is 21.4 Å². The van der Waals surface area contributed by atoms with Crippen molar-refractivity contribution in [3.05, 3.63) is 51.9 Å². The number of rotatable bonds is 5. The van der Waals surface area contributed by atoms with Gasteiger partial charge in [-0.3, -0.25) is 4.79 Å². The molecule has 1 aliphatic heterocycles. The number of carbonyl (C=O) groups is 1. The normalized spacial score (nSPS) is 18.4. The van der Waals surface area contributed by atoms with Crippen molar-refractivity contribution < 1.29 is 17.6 Å². The highest BCUT2D eigenvalue weighted by atomic mass is 79.9. The number of amides is 1. The lowest BCUT2D eigenvalue weighted by Crippen LogP contribution is -2.48. The fourth-order valence-electron chi connectivity index (χ4n) is 3.32. The smallest absolute Gasteiger partial charge is 0.247 e. The minimum absolute atomic E-state index is 0.120. The van der Waals surface area contributed by atoms with Crippen LogP contribution < -0.4 is 5.32 Å². The lowest BCUT2D eigenvalue weighted by Gasteiger charge is -2.29. The molecule has 1 atom stereocenters. The van der Waals surface area contributed by atoms with Crippen LogP contribution >= 0.6 is 15.9 Å². The Labute approximate surface area is 168 Å². The molecule has 8 heteroatoms. The van der Waals surface area contributed by atoms with Crippen LogP contribution in [0.4, 0.5) is 0 Å². The third-order valence-corrected chi connectivity index (χ3v) is 7.18. The molecule has 2 aromatic rings. The van der Waals surface area contributed by atoms with E-state index in [1.54, 1.807) is 13.8 Å². The standard InChI is InChI=1S/C19H23BrN2O4S/c1-13-11-18(14(2)26-13)27(24,25)22(12-15-6-8-16(20)9-7-15)17-5-3-4-10-21-19(17)23/h6-9,11,17H,3-5,10,12H2,1-2H3,(H,21,23)/t17-/m1/s1. The maximum atomic E-state index is 13.5. The van der Waals surface area contributed by atoms with Gasteiger partial charge in [0.15, 0.2) is 0 Å². The molecule has 6 nitrogen and oxygen atoms in total. The molecule has 146 valence electrons. The van der Waals surface area contributed by atoms with Crippen molar-refractivity contribution in [1.29, 1.82) is 0 Å². The lowest BCUT2D eigenvalue weighted by atomic mass is 10.1. The first-order valence-electron chi connectivity index (χ1n) is 8.90. The summed E-state index contributed by atoms with van der Waals surface area (Å²) < 4.78 is 34.6. The molecule has 1 N–H and O–H groups in total. The van der Waals surface area contributed by atoms with E-state index in [1.807, 2.05) is 24.3 Å². The van der Waals surface area contributed by atoms with Gasteiger partial charge in [-0.15, -0.1) is 0 Å². The van der Waals surface area contributed by atoms with Crippen LogP contribution in [0, 0.1) is 13.8 Å². The molecule has 1 aromatic carbocycles. The molecule has 0 aliphatic carbocycles. The number of halogens is 1. The van der Waals surface area contributed by atoms with Crippen molar-refractivity contribution in [2.45, 2.75) is 50.6 Å². The molecular weight excluding hydrogens is 432 g/mol. The highest BCUT2D eigenvalue weighted by Gasteiger charge is 2.38. The summed E-state index contributed by atoms with van der Waals surface area (Å²) in [6, 6.07) is 8.22. The molecule has 0 unspecified atom stereocenters. The summed E-state index contributed by atoms with van der Waals surface area (Å²) in [7, 11) is -3.90. The summed E-state index contributed by atoms with van der Waals surface area (Å²) in [6.45, 7) is 4.04. The molecule has 1 aromatic heterocycles. The van der Waals surface area contributed by atoms with E-state index >= 15 is 0 Å². The predicted molar refractivity (Wildman–Crippen MR) is 106 cm³/mol. The average Bonchev–Trinajstić information content (AvgIpc) is 2.83. The predicted octanol–water partition coefficient (Wildman–Crippen LogP) is 3.52. The quantitative estimate of drug-likeness (QED) is 0.749. The zero-order chi connectivity index (χ0) is 19.6. The zero-order valence-corrected chi connectivity index (χ0v) is 17.8. The Morgan fingerprint density at radius 3 is 2.56 bits per heavy atom. The summed E-state index contributed by atoms with van der Waals surface area (Å²) >= 11 is 3.39. The molecule has 0 saturated carbocycles. The highest BCUT2D eigenvalue weighted by molar-refractivity contribution is 9.10. The minimum atomic E-state index is -3.90. The van der Waals surface area contributed by atoms with Gasteiger partial charge in [0.2, 0.25) is 15.9 Å². The third kappa shape index (κ3) is 4.44. The highest BCUT2D eigenvalue weighted by Crippen LogP contribution is 2.28. The second kappa shape index (κ2) is 8.16. The van der Waals surface area contributed by atoms with Crippen molar-refractivity contribution >= 4 is 31.9 Å². The van der Waals surface area contributed by atoms with E-state index in [-0.39, 0.29) is 17.3 Å². The van der Waals surface area contributed by atoms with Gasteiger partial charge < -0.3 is 9.73 Å². The van der Waals surface area contributed by atoms with E-state index in [4.69, 9.17) is 4.42 Å². The van der Waals surface area contributed by atoms with E-state index in [9.17, 15) is 13.2 Å². The number of hydrogen-bond acceptors (Lipinski definition) is 4. The topological polar surface area (TPSA) is 79.6 Å². The molecule has 27 heavy (non-hydrogen) atoms. The molecule has 0 radical (unpaired) electrons. The van der Waals surface area contributed by atoms with Gasteiger partial charge in [0, 0.05) is 17.6 Å². The van der Waals surface area contributed by atoms with Crippen molar-refractivity contribution in [3.63, 3.8) is 0 Å². The Morgan fingerprint density at radius 2 is 1.93 bits per heavy atom. The van der Waals surface area contributed by atoms with Crippen LogP contribution in [0.1, 0.15) is 36.3 Å². The molecule has 0 bridgehead atoms. The summed E-state index contributed by atoms with van der Waals surface area (Å²) in [6.07, 6.45) is 2.13. The fourth-order valence-corrected chi connectivity index (χ4v) is 5.41. The number of nitrogens with one attached hydrogen (secondary N) is 1. The van der Waals surface area contributed by atoms with Gasteiger partial charge in [-0.2, -0.15) is 4.31 Å². The Balaban J connectivity index is 2.04. The molecule has 1 saturated heterocycles. The minimum Gasteiger partial charge on any atom is -0.465 e. The van der Waals surface area contributed by atoms with E-state index in [0.29, 0.717) is 24.5 Å². The third-order valence-electron chi connectivity index (χ3n) is 4.69. The molecule has 1 aliphatic rings. The van der Waals surface area contributed by atoms with Crippen LogP contribution in [0.2, 0.25) is 0 Å². The van der Waals surface area contributed by atoms with Crippen LogP contribution in [0.5, 0.6) is 0 Å². The van der Waals surface area contributed by atoms with Gasteiger partial charge in [0.05, 0.1) is 0 Å². The van der Waals surface area contributed by atoms with Gasteiger partial charge in [-0.05, 0) is 56.9 Å². The van der Waals surface area contributed by atoms with E-state index in [1.165, 1.54) is 10.4 Å². The molecule has 1 fully saturated rings. The lowest BCUT2D eigenvalue weighted by molar-refractivity contribution is -0.124. The summed E-state index contributed by atoms with van der Waals surface area (Å²) in [5.41, 5.74) is 0.816. The zero-order valence-electron chi connectivity index (χ0n) is 15.4. The first kappa shape index (κ1) is 20.1. The number of carbonyl (C=O) groups excluding carboxylic acids is 1. The average molecular weight is 455 g/mol. The SMILES string of the molecule is Cc1cc(S(=O)(=O)N(Cc2ccc(Br)cc2)[C@@H]2CCCCNC2=O)c(C)o1. The van der Waals surface area contributed by atoms with Gasteiger partial charge >= 0.3 is 0 Å². The molecule has 2 heterocycles. The molecular formula is C19H23BrN2O4S. The Hall–Kier alpha value is -1.64. The number of benzene rings is 1. The Morgan fingerprint density at radius 1 is 1.22 bits per heavy atom. The Bertz CT molecular complexity index is 922. The maximum Gasteiger partial charge on any atom is 0.247 e. The second-order valence-electron chi connectivity index (χ2n) is 6.76. The fraction of sp³-hybridized carbons (Fsp3) is 0.421. The van der Waals surface area contributed by atoms with Crippen LogP contribution in [0.25, 0.3) is 0 Å².